The highest BCUT2D eigenvalue weighted by Gasteiger charge is 2.36. The molecule has 0 atom stereocenters. The number of aromatic nitrogens is 9. The molecule has 12 heteroatoms. The fraction of sp³-hybridized carbons (Fsp3) is 0.0275. The van der Waals surface area contributed by atoms with Gasteiger partial charge in [0, 0.05) is 92.3 Å². The number of rotatable bonds is 3. The Kier molecular flexibility index (Phi) is 12.7. The molecular formula is C109H61N9O3. The van der Waals surface area contributed by atoms with Crippen LogP contribution in [0.1, 0.15) is 25.0 Å². The maximum atomic E-state index is 6.36. The largest absolute Gasteiger partial charge is 0.456 e. The summed E-state index contributed by atoms with van der Waals surface area (Å²) < 4.78 is 25.9. The predicted molar refractivity (Wildman–Crippen MR) is 496 cm³/mol. The second-order valence-corrected chi connectivity index (χ2v) is 33.1. The molecule has 30 rings (SSSR count). The van der Waals surface area contributed by atoms with Crippen molar-refractivity contribution in [2.24, 2.45) is 0 Å². The van der Waals surface area contributed by atoms with Gasteiger partial charge in [0.05, 0.1) is 66.2 Å². The number of fused-ring (bicyclic) bond motifs is 36. The summed E-state index contributed by atoms with van der Waals surface area (Å²) in [5.74, 6) is 0. The molecule has 0 N–H and O–H groups in total. The van der Waals surface area contributed by atoms with Crippen LogP contribution in [0, 0.1) is 0 Å². The van der Waals surface area contributed by atoms with E-state index in [1.54, 1.807) is 0 Å². The smallest absolute Gasteiger partial charge is 0.165 e. The van der Waals surface area contributed by atoms with Gasteiger partial charge in [0.25, 0.3) is 0 Å². The number of nitrogens with zero attached hydrogens (tertiary/aromatic N) is 9. The minimum atomic E-state index is -0.0236. The van der Waals surface area contributed by atoms with E-state index in [0.717, 1.165) is 182 Å². The minimum Gasteiger partial charge on any atom is -0.456 e. The van der Waals surface area contributed by atoms with Gasteiger partial charge < -0.3 is 13.3 Å². The first-order valence-corrected chi connectivity index (χ1v) is 41.1. The fourth-order valence-electron chi connectivity index (χ4n) is 20.9. The monoisotopic (exact) mass is 1540 g/mol. The molecule has 0 bridgehead atoms. The van der Waals surface area contributed by atoms with E-state index in [1.807, 2.05) is 109 Å². The molecule has 0 aliphatic heterocycles. The van der Waals surface area contributed by atoms with E-state index in [9.17, 15) is 0 Å². The summed E-state index contributed by atoms with van der Waals surface area (Å²) in [5, 5.41) is 19.8. The molecule has 0 spiro atoms. The van der Waals surface area contributed by atoms with Gasteiger partial charge in [-0.25, -0.2) is 29.9 Å². The van der Waals surface area contributed by atoms with Crippen LogP contribution in [0.5, 0.6) is 0 Å². The number of hydrogen-bond donors (Lipinski definition) is 0. The maximum absolute atomic E-state index is 6.36. The number of hydrogen-bond acceptors (Lipinski definition) is 9. The van der Waals surface area contributed by atoms with Gasteiger partial charge >= 0.3 is 0 Å². The van der Waals surface area contributed by atoms with Gasteiger partial charge in [0.15, 0.2) is 16.9 Å². The van der Waals surface area contributed by atoms with Crippen molar-refractivity contribution in [2.45, 2.75) is 19.3 Å². The van der Waals surface area contributed by atoms with Crippen molar-refractivity contribution >= 4 is 225 Å². The highest BCUT2D eigenvalue weighted by molar-refractivity contribution is 6.35. The van der Waals surface area contributed by atoms with Crippen LogP contribution in [0.3, 0.4) is 0 Å². The Bertz CT molecular complexity index is 9610. The lowest BCUT2D eigenvalue weighted by molar-refractivity contribution is 0.660. The number of benzene rings is 17. The molecule has 1 aliphatic carbocycles. The molecule has 0 unspecified atom stereocenters. The Morgan fingerprint density at radius 2 is 0.645 bits per heavy atom. The quantitative estimate of drug-likeness (QED) is 0.170. The SMILES string of the molecule is CC1(C)c2ccccc2-c2cc(-c3cc4c5cc6c(cc5n5c7nc8ccccc8nc7c(c3)c45)oc3ccccc36)ccc21.c1ccc(-c2cc3c4nc5ccccc5nc4n4c5ccc6oc7ccccc7c6c5c(c2)c34)cc1.c1ccc2c(-c3cc4c5nc6ccccc6nc5n5c6ccc7oc8ccccc8c7c6c(c3)c45)cccc2c1. The Morgan fingerprint density at radius 1 is 0.223 bits per heavy atom. The molecule has 0 radical (unpaired) electrons. The second-order valence-electron chi connectivity index (χ2n) is 33.1. The zero-order chi connectivity index (χ0) is 78.9. The molecule has 0 saturated carbocycles. The summed E-state index contributed by atoms with van der Waals surface area (Å²) >= 11 is 0. The van der Waals surface area contributed by atoms with E-state index in [2.05, 4.69) is 252 Å². The number of furan rings is 3. The van der Waals surface area contributed by atoms with Gasteiger partial charge in [-0.3, -0.25) is 13.2 Å². The van der Waals surface area contributed by atoms with Gasteiger partial charge in [-0.05, 0) is 194 Å². The Hall–Kier alpha value is -16.2. The van der Waals surface area contributed by atoms with E-state index in [-0.39, 0.29) is 5.41 Å². The van der Waals surface area contributed by atoms with Crippen LogP contribution < -0.4 is 0 Å². The van der Waals surface area contributed by atoms with Crippen LogP contribution >= 0.6 is 0 Å². The summed E-state index contributed by atoms with van der Waals surface area (Å²) in [5.41, 5.74) is 35.6. The third kappa shape index (κ3) is 8.85. The minimum absolute atomic E-state index is 0.0236. The van der Waals surface area contributed by atoms with Crippen molar-refractivity contribution < 1.29 is 13.3 Å². The highest BCUT2D eigenvalue weighted by atomic mass is 16.3. The zero-order valence-corrected chi connectivity index (χ0v) is 65.0. The van der Waals surface area contributed by atoms with Crippen LogP contribution in [-0.4, -0.2) is 43.1 Å². The molecular weight excluding hydrogens is 1480 g/mol. The molecule has 121 heavy (non-hydrogen) atoms. The summed E-state index contributed by atoms with van der Waals surface area (Å²) in [7, 11) is 0. The summed E-state index contributed by atoms with van der Waals surface area (Å²) in [4.78, 5) is 31.0. The molecule has 17 aromatic carbocycles. The van der Waals surface area contributed by atoms with Gasteiger partial charge in [0.2, 0.25) is 0 Å². The third-order valence-corrected chi connectivity index (χ3v) is 26.3. The van der Waals surface area contributed by atoms with Crippen molar-refractivity contribution in [2.75, 3.05) is 0 Å². The lowest BCUT2D eigenvalue weighted by Gasteiger charge is -2.21. The van der Waals surface area contributed by atoms with Crippen LogP contribution in [0.2, 0.25) is 0 Å². The Balaban J connectivity index is 0.0000000942. The van der Waals surface area contributed by atoms with E-state index >= 15 is 0 Å². The summed E-state index contributed by atoms with van der Waals surface area (Å²) in [6, 6.07) is 118. The van der Waals surface area contributed by atoms with Crippen LogP contribution in [-0.2, 0) is 5.41 Å². The predicted octanol–water partition coefficient (Wildman–Crippen LogP) is 28.5. The van der Waals surface area contributed by atoms with E-state index in [4.69, 9.17) is 43.2 Å². The molecule has 0 saturated heterocycles. The number of para-hydroxylation sites is 9. The maximum Gasteiger partial charge on any atom is 0.165 e. The normalized spacial score (nSPS) is 13.1. The molecule has 0 fully saturated rings. The van der Waals surface area contributed by atoms with Gasteiger partial charge in [-0.1, -0.05) is 214 Å². The third-order valence-electron chi connectivity index (χ3n) is 26.3. The van der Waals surface area contributed by atoms with E-state index < -0.39 is 0 Å². The summed E-state index contributed by atoms with van der Waals surface area (Å²) in [6.07, 6.45) is 0. The first kappa shape index (κ1) is 65.0. The molecule has 12 aromatic heterocycles. The van der Waals surface area contributed by atoms with Crippen molar-refractivity contribution in [3.05, 3.63) is 345 Å². The zero-order valence-electron chi connectivity index (χ0n) is 65.0. The molecule has 1 aliphatic rings. The molecule has 0 amide bonds. The van der Waals surface area contributed by atoms with Crippen molar-refractivity contribution in [3.8, 4) is 44.5 Å². The average molecular weight is 1540 g/mol. The molecule has 12 heterocycles. The van der Waals surface area contributed by atoms with Crippen molar-refractivity contribution in [1.29, 1.82) is 0 Å². The average Bonchev–Trinajstić information content (AvgIpc) is 1.53. The topological polar surface area (TPSA) is 130 Å². The van der Waals surface area contributed by atoms with E-state index in [1.165, 1.54) is 98.7 Å². The second kappa shape index (κ2) is 23.6. The highest BCUT2D eigenvalue weighted by Crippen LogP contribution is 2.53. The Morgan fingerprint density at radius 3 is 1.24 bits per heavy atom. The molecule has 560 valence electrons. The molecule has 29 aromatic rings. The van der Waals surface area contributed by atoms with Crippen LogP contribution in [0.25, 0.3) is 269 Å². The van der Waals surface area contributed by atoms with Crippen molar-refractivity contribution in [3.63, 3.8) is 0 Å². The molecule has 12 nitrogen and oxygen atoms in total. The van der Waals surface area contributed by atoms with Gasteiger partial charge in [-0.2, -0.15) is 0 Å². The first-order chi connectivity index (χ1) is 59.7. The van der Waals surface area contributed by atoms with Gasteiger partial charge in [0.1, 0.15) is 50.0 Å². The van der Waals surface area contributed by atoms with Crippen LogP contribution in [0.15, 0.2) is 347 Å². The van der Waals surface area contributed by atoms with Crippen molar-refractivity contribution in [1.82, 2.24) is 43.1 Å². The van der Waals surface area contributed by atoms with Gasteiger partial charge in [-0.15, -0.1) is 0 Å². The fourth-order valence-corrected chi connectivity index (χ4v) is 20.9. The lowest BCUT2D eigenvalue weighted by Crippen LogP contribution is -2.14. The lowest BCUT2D eigenvalue weighted by atomic mass is 9.82. The first-order valence-electron chi connectivity index (χ1n) is 41.1. The van der Waals surface area contributed by atoms with Crippen LogP contribution in [0.4, 0.5) is 0 Å². The van der Waals surface area contributed by atoms with E-state index in [0.29, 0.717) is 0 Å². The summed E-state index contributed by atoms with van der Waals surface area (Å²) in [6.45, 7) is 4.66. The Labute approximate surface area is 685 Å². The standard InChI is InChI=1S/C41H25N3O.C36H19N3O.C32H17N3O/c1-41(2)31-11-5-3-9-24(31)26-17-22(15-16-32(26)41)23-18-29-27-20-28-25-10-4-8-14-36(25)45-37(28)21-35(27)44-39(29)30(19-23)38-40(44)43-34-13-7-6-12-33(34)42-38;1-2-10-22-20(8-1)9-7-12-23(22)21-18-25-32-29(16-17-31-33(32)24-11-3-6-15-30(24)40-31)39-35(25)26(19-21)34-36(39)38-28-14-5-4-13-27(28)37-34;1-2-8-18(9-3-1)19-16-21-28-25(14-15-27-29(28)20-10-4-7-13-26(20)36-27)35-31(21)22(17-19)30-32(35)34-24-12-6-5-11-23(24)33-30/h3-21H,1-2H3;1-19H;1-17H.